The topological polar surface area (TPSA) is 87.7 Å². The second-order valence-corrected chi connectivity index (χ2v) is 6.55. The summed E-state index contributed by atoms with van der Waals surface area (Å²) in [5, 5.41) is 15.0. The number of nitrogens with two attached hydrogens (primary N) is 1. The molecule has 0 heterocycles. The summed E-state index contributed by atoms with van der Waals surface area (Å²) in [6.07, 6.45) is 3.49. The molecule has 0 aromatic rings. The summed E-state index contributed by atoms with van der Waals surface area (Å²) >= 11 is 0. The highest BCUT2D eigenvalue weighted by Gasteiger charge is 2.22. The molecule has 0 amide bonds. The van der Waals surface area contributed by atoms with Gasteiger partial charge < -0.3 is 16.3 Å². The maximum atomic E-state index is 11.0. The minimum absolute atomic E-state index is 0.257. The minimum Gasteiger partial charge on any atom is -0.409 e. The second kappa shape index (κ2) is 7.66. The van der Waals surface area contributed by atoms with Crippen LogP contribution in [0.4, 0.5) is 0 Å². The van der Waals surface area contributed by atoms with Gasteiger partial charge in [-0.05, 0) is 26.3 Å². The van der Waals surface area contributed by atoms with Crippen molar-refractivity contribution in [3.05, 3.63) is 0 Å². The molecule has 0 aliphatic carbocycles. The van der Waals surface area contributed by atoms with E-state index in [-0.39, 0.29) is 17.3 Å². The SMILES string of the molecule is CC(CS(C)=O)NCCCC(C)(C)C(N)=NO. The zero-order valence-electron chi connectivity index (χ0n) is 11.2. The van der Waals surface area contributed by atoms with Crippen LogP contribution in [0.15, 0.2) is 5.16 Å². The van der Waals surface area contributed by atoms with Gasteiger partial charge in [0.2, 0.25) is 0 Å². The molecule has 6 heteroatoms. The summed E-state index contributed by atoms with van der Waals surface area (Å²) in [4.78, 5) is 0. The average Bonchev–Trinajstić information content (AvgIpc) is 2.22. The van der Waals surface area contributed by atoms with Crippen molar-refractivity contribution in [1.82, 2.24) is 5.32 Å². The van der Waals surface area contributed by atoms with Crippen LogP contribution in [0.25, 0.3) is 0 Å². The Morgan fingerprint density at radius 2 is 2.18 bits per heavy atom. The molecule has 0 saturated heterocycles. The number of hydrogen-bond donors (Lipinski definition) is 3. The van der Waals surface area contributed by atoms with Crippen molar-refractivity contribution in [2.24, 2.45) is 16.3 Å². The third kappa shape index (κ3) is 7.33. The number of nitrogens with zero attached hydrogens (tertiary/aromatic N) is 1. The van der Waals surface area contributed by atoms with E-state index < -0.39 is 10.8 Å². The monoisotopic (exact) mass is 263 g/mol. The molecular formula is C11H25N3O2S. The van der Waals surface area contributed by atoms with E-state index in [4.69, 9.17) is 10.9 Å². The van der Waals surface area contributed by atoms with Crippen LogP contribution in [0.5, 0.6) is 0 Å². The first-order valence-corrected chi connectivity index (χ1v) is 7.53. The zero-order valence-corrected chi connectivity index (χ0v) is 12.0. The quantitative estimate of drug-likeness (QED) is 0.200. The van der Waals surface area contributed by atoms with Crippen LogP contribution in [0, 0.1) is 5.41 Å². The number of oxime groups is 1. The Hall–Kier alpha value is -0.620. The van der Waals surface area contributed by atoms with Crippen LogP contribution < -0.4 is 11.1 Å². The predicted molar refractivity (Wildman–Crippen MR) is 72.8 cm³/mol. The van der Waals surface area contributed by atoms with Crippen LogP contribution in [0.3, 0.4) is 0 Å². The van der Waals surface area contributed by atoms with Gasteiger partial charge in [-0.15, -0.1) is 0 Å². The van der Waals surface area contributed by atoms with E-state index in [0.717, 1.165) is 19.4 Å². The van der Waals surface area contributed by atoms with Gasteiger partial charge in [-0.1, -0.05) is 19.0 Å². The summed E-state index contributed by atoms with van der Waals surface area (Å²) < 4.78 is 11.0. The van der Waals surface area contributed by atoms with Crippen molar-refractivity contribution in [1.29, 1.82) is 0 Å². The van der Waals surface area contributed by atoms with E-state index in [2.05, 4.69) is 10.5 Å². The third-order valence-corrected chi connectivity index (χ3v) is 3.73. The van der Waals surface area contributed by atoms with E-state index in [1.54, 1.807) is 6.26 Å². The Morgan fingerprint density at radius 3 is 2.65 bits per heavy atom. The third-order valence-electron chi connectivity index (χ3n) is 2.76. The first-order valence-electron chi connectivity index (χ1n) is 5.81. The molecule has 17 heavy (non-hydrogen) atoms. The molecule has 0 saturated carbocycles. The van der Waals surface area contributed by atoms with Gasteiger partial charge in [-0.3, -0.25) is 4.21 Å². The van der Waals surface area contributed by atoms with Crippen molar-refractivity contribution in [3.8, 4) is 0 Å². The van der Waals surface area contributed by atoms with Crippen molar-refractivity contribution in [2.45, 2.75) is 39.7 Å². The number of rotatable bonds is 8. The van der Waals surface area contributed by atoms with Gasteiger partial charge in [-0.2, -0.15) is 0 Å². The Morgan fingerprint density at radius 1 is 1.59 bits per heavy atom. The molecule has 0 aromatic heterocycles. The van der Waals surface area contributed by atoms with Crippen LogP contribution in [-0.2, 0) is 10.8 Å². The number of amidine groups is 1. The number of nitrogens with one attached hydrogen (secondary N) is 1. The average molecular weight is 263 g/mol. The molecule has 4 N–H and O–H groups in total. The first kappa shape index (κ1) is 16.4. The maximum Gasteiger partial charge on any atom is 0.144 e. The predicted octanol–water partition coefficient (Wildman–Crippen LogP) is 0.896. The molecule has 0 bridgehead atoms. The lowest BCUT2D eigenvalue weighted by Gasteiger charge is -2.23. The Labute approximate surface area is 106 Å². The van der Waals surface area contributed by atoms with Crippen LogP contribution >= 0.6 is 0 Å². The van der Waals surface area contributed by atoms with Crippen molar-refractivity contribution < 1.29 is 9.42 Å². The van der Waals surface area contributed by atoms with E-state index in [0.29, 0.717) is 5.75 Å². The lowest BCUT2D eigenvalue weighted by atomic mass is 9.86. The van der Waals surface area contributed by atoms with E-state index in [9.17, 15) is 4.21 Å². The molecule has 102 valence electrons. The lowest BCUT2D eigenvalue weighted by molar-refractivity contribution is 0.304. The highest BCUT2D eigenvalue weighted by atomic mass is 32.2. The second-order valence-electron chi connectivity index (χ2n) is 5.07. The molecule has 0 aromatic carbocycles. The van der Waals surface area contributed by atoms with Crippen molar-refractivity contribution >= 4 is 16.6 Å². The molecule has 0 aliphatic heterocycles. The van der Waals surface area contributed by atoms with E-state index >= 15 is 0 Å². The van der Waals surface area contributed by atoms with E-state index in [1.807, 2.05) is 20.8 Å². The summed E-state index contributed by atoms with van der Waals surface area (Å²) in [7, 11) is -0.762. The largest absolute Gasteiger partial charge is 0.409 e. The summed E-state index contributed by atoms with van der Waals surface area (Å²) in [6.45, 7) is 6.77. The Kier molecular flexibility index (Phi) is 7.38. The lowest BCUT2D eigenvalue weighted by Crippen LogP contribution is -2.35. The zero-order chi connectivity index (χ0) is 13.5. The van der Waals surface area contributed by atoms with Gasteiger partial charge in [0.05, 0.1) is 0 Å². The maximum absolute atomic E-state index is 11.0. The first-order chi connectivity index (χ1) is 7.79. The molecule has 0 rings (SSSR count). The fraction of sp³-hybridized carbons (Fsp3) is 0.909. The normalized spacial score (nSPS) is 16.8. The summed E-state index contributed by atoms with van der Waals surface area (Å²) in [6, 6.07) is 0.257. The van der Waals surface area contributed by atoms with Crippen LogP contribution in [0.2, 0.25) is 0 Å². The Bertz CT molecular complexity index is 280. The fourth-order valence-corrected chi connectivity index (χ4v) is 2.38. The number of hydrogen-bond acceptors (Lipinski definition) is 4. The molecule has 0 aliphatic rings. The summed E-state index contributed by atoms with van der Waals surface area (Å²) in [5.74, 6) is 0.934. The smallest absolute Gasteiger partial charge is 0.144 e. The fourth-order valence-electron chi connectivity index (χ4n) is 1.55. The van der Waals surface area contributed by atoms with Gasteiger partial charge >= 0.3 is 0 Å². The molecule has 2 atom stereocenters. The van der Waals surface area contributed by atoms with Crippen molar-refractivity contribution in [3.63, 3.8) is 0 Å². The molecule has 0 spiro atoms. The molecule has 0 radical (unpaired) electrons. The Balaban J connectivity index is 3.81. The molecule has 0 fully saturated rings. The minimum atomic E-state index is -0.762. The molecule has 2 unspecified atom stereocenters. The molecule has 5 nitrogen and oxygen atoms in total. The standard InChI is InChI=1S/C11H25N3O2S/c1-9(8-17(4)16)13-7-5-6-11(2,3)10(12)14-15/h9,13,15H,5-8H2,1-4H3,(H2,12,14). The summed E-state index contributed by atoms with van der Waals surface area (Å²) in [5.41, 5.74) is 5.31. The van der Waals surface area contributed by atoms with Crippen molar-refractivity contribution in [2.75, 3.05) is 18.6 Å². The van der Waals surface area contributed by atoms with Crippen LogP contribution in [0.1, 0.15) is 33.6 Å². The van der Waals surface area contributed by atoms with E-state index in [1.165, 1.54) is 0 Å². The molecular weight excluding hydrogens is 238 g/mol. The van der Waals surface area contributed by atoms with Crippen LogP contribution in [-0.4, -0.2) is 39.8 Å². The highest BCUT2D eigenvalue weighted by molar-refractivity contribution is 7.84. The van der Waals surface area contributed by atoms with Gasteiger partial charge in [0.15, 0.2) is 0 Å². The highest BCUT2D eigenvalue weighted by Crippen LogP contribution is 2.21. The van der Waals surface area contributed by atoms with Gasteiger partial charge in [0.1, 0.15) is 5.84 Å². The van der Waals surface area contributed by atoms with Gasteiger partial charge in [-0.25, -0.2) is 0 Å². The van der Waals surface area contributed by atoms with Gasteiger partial charge in [0, 0.05) is 34.3 Å². The van der Waals surface area contributed by atoms with Gasteiger partial charge in [0.25, 0.3) is 0 Å².